The topological polar surface area (TPSA) is 54.0 Å². The molecule has 4 aromatic rings. The lowest BCUT2D eigenvalue weighted by molar-refractivity contribution is 0.102. The van der Waals surface area contributed by atoms with Crippen molar-refractivity contribution in [2.75, 3.05) is 10.6 Å². The zero-order valence-corrected chi connectivity index (χ0v) is 15.2. The Labute approximate surface area is 162 Å². The molecule has 4 nitrogen and oxygen atoms in total. The highest BCUT2D eigenvalue weighted by Crippen LogP contribution is 2.22. The number of aryl methyl sites for hydroxylation is 1. The number of carbonyl (C=O) groups is 1. The Bertz CT molecular complexity index is 1140. The molecule has 0 saturated heterocycles. The van der Waals surface area contributed by atoms with Crippen LogP contribution in [0.25, 0.3) is 10.9 Å². The van der Waals surface area contributed by atoms with E-state index in [0.29, 0.717) is 27.8 Å². The summed E-state index contributed by atoms with van der Waals surface area (Å²) in [4.78, 5) is 17.2. The number of carbonyl (C=O) groups excluding carboxylic acids is 1. The minimum atomic E-state index is -0.399. The first-order valence-corrected chi connectivity index (χ1v) is 8.89. The standard InChI is InChI=1S/C23H18FN3O/c1-15-13-21(20-14-16(24)7-12-22(20)25-15)23(28)27-19-10-8-18(9-11-19)26-17-5-3-2-4-6-17/h2-14,26H,1H3,(H,27,28). The van der Waals surface area contributed by atoms with Gasteiger partial charge in [0.1, 0.15) is 5.82 Å². The molecule has 0 aliphatic carbocycles. The van der Waals surface area contributed by atoms with Crippen molar-refractivity contribution < 1.29 is 9.18 Å². The molecule has 5 heteroatoms. The summed E-state index contributed by atoms with van der Waals surface area (Å²) in [5.41, 5.74) is 4.24. The highest BCUT2D eigenvalue weighted by atomic mass is 19.1. The summed E-state index contributed by atoms with van der Waals surface area (Å²) >= 11 is 0. The highest BCUT2D eigenvalue weighted by Gasteiger charge is 2.13. The predicted octanol–water partition coefficient (Wildman–Crippen LogP) is 5.68. The summed E-state index contributed by atoms with van der Waals surface area (Å²) in [6.07, 6.45) is 0. The van der Waals surface area contributed by atoms with Crippen LogP contribution < -0.4 is 10.6 Å². The highest BCUT2D eigenvalue weighted by molar-refractivity contribution is 6.12. The van der Waals surface area contributed by atoms with Gasteiger partial charge in [0.2, 0.25) is 0 Å². The van der Waals surface area contributed by atoms with E-state index >= 15 is 0 Å². The van der Waals surface area contributed by atoms with E-state index in [1.807, 2.05) is 61.5 Å². The number of benzene rings is 3. The van der Waals surface area contributed by atoms with Crippen LogP contribution in [0.5, 0.6) is 0 Å². The van der Waals surface area contributed by atoms with Crippen LogP contribution in [0.3, 0.4) is 0 Å². The maximum absolute atomic E-state index is 13.7. The van der Waals surface area contributed by atoms with Crippen molar-refractivity contribution in [3.05, 3.63) is 95.9 Å². The molecule has 4 rings (SSSR count). The van der Waals surface area contributed by atoms with Crippen LogP contribution in [0, 0.1) is 12.7 Å². The van der Waals surface area contributed by atoms with Gasteiger partial charge in [-0.1, -0.05) is 18.2 Å². The van der Waals surface area contributed by atoms with Gasteiger partial charge < -0.3 is 10.6 Å². The van der Waals surface area contributed by atoms with E-state index < -0.39 is 5.82 Å². The predicted molar refractivity (Wildman–Crippen MR) is 111 cm³/mol. The fourth-order valence-electron chi connectivity index (χ4n) is 3.04. The number of aromatic nitrogens is 1. The quantitative estimate of drug-likeness (QED) is 0.485. The van der Waals surface area contributed by atoms with Gasteiger partial charge in [0.25, 0.3) is 5.91 Å². The maximum atomic E-state index is 13.7. The molecule has 0 fully saturated rings. The molecule has 0 unspecified atom stereocenters. The molecule has 0 bridgehead atoms. The number of nitrogens with one attached hydrogen (secondary N) is 2. The molecule has 1 heterocycles. The van der Waals surface area contributed by atoms with Crippen LogP contribution in [0.1, 0.15) is 16.1 Å². The molecule has 0 aliphatic rings. The molecule has 0 aliphatic heterocycles. The first kappa shape index (κ1) is 17.7. The van der Waals surface area contributed by atoms with Gasteiger partial charge in [-0.05, 0) is 67.6 Å². The third-order valence-electron chi connectivity index (χ3n) is 4.35. The summed E-state index contributed by atoms with van der Waals surface area (Å²) in [6, 6.07) is 23.2. The van der Waals surface area contributed by atoms with E-state index in [4.69, 9.17) is 0 Å². The molecular weight excluding hydrogens is 353 g/mol. The van der Waals surface area contributed by atoms with E-state index in [-0.39, 0.29) is 5.91 Å². The number of hydrogen-bond acceptors (Lipinski definition) is 3. The van der Waals surface area contributed by atoms with Gasteiger partial charge in [0.15, 0.2) is 0 Å². The van der Waals surface area contributed by atoms with E-state index in [2.05, 4.69) is 15.6 Å². The monoisotopic (exact) mass is 371 g/mol. The van der Waals surface area contributed by atoms with Crippen molar-refractivity contribution in [1.82, 2.24) is 4.98 Å². The molecule has 0 atom stereocenters. The molecule has 2 N–H and O–H groups in total. The molecule has 1 amide bonds. The van der Waals surface area contributed by atoms with Crippen LogP contribution in [0.4, 0.5) is 21.5 Å². The number of amides is 1. The summed E-state index contributed by atoms with van der Waals surface area (Å²) in [5, 5.41) is 6.65. The van der Waals surface area contributed by atoms with Gasteiger partial charge in [0, 0.05) is 28.1 Å². The Hall–Kier alpha value is -3.73. The summed E-state index contributed by atoms with van der Waals surface area (Å²) < 4.78 is 13.7. The van der Waals surface area contributed by atoms with Gasteiger partial charge >= 0.3 is 0 Å². The van der Waals surface area contributed by atoms with Crippen molar-refractivity contribution in [2.24, 2.45) is 0 Å². The molecule has 3 aromatic carbocycles. The van der Waals surface area contributed by atoms with E-state index in [1.54, 1.807) is 12.1 Å². The van der Waals surface area contributed by atoms with E-state index in [0.717, 1.165) is 11.4 Å². The third-order valence-corrected chi connectivity index (χ3v) is 4.35. The van der Waals surface area contributed by atoms with Crippen molar-refractivity contribution >= 4 is 33.9 Å². The number of fused-ring (bicyclic) bond motifs is 1. The molecule has 0 spiro atoms. The van der Waals surface area contributed by atoms with Gasteiger partial charge in [-0.2, -0.15) is 0 Å². The van der Waals surface area contributed by atoms with E-state index in [1.165, 1.54) is 12.1 Å². The minimum absolute atomic E-state index is 0.301. The molecule has 0 radical (unpaired) electrons. The van der Waals surface area contributed by atoms with Gasteiger partial charge in [-0.25, -0.2) is 4.39 Å². The van der Waals surface area contributed by atoms with Crippen LogP contribution in [-0.2, 0) is 0 Å². The zero-order valence-electron chi connectivity index (χ0n) is 15.2. The lowest BCUT2D eigenvalue weighted by Gasteiger charge is -2.11. The number of nitrogens with zero attached hydrogens (tertiary/aromatic N) is 1. The number of para-hydroxylation sites is 1. The Morgan fingerprint density at radius 1 is 0.857 bits per heavy atom. The Morgan fingerprint density at radius 3 is 2.29 bits per heavy atom. The Kier molecular flexibility index (Phi) is 4.72. The first-order chi connectivity index (χ1) is 13.6. The lowest BCUT2D eigenvalue weighted by atomic mass is 10.1. The van der Waals surface area contributed by atoms with Crippen molar-refractivity contribution in [2.45, 2.75) is 6.92 Å². The number of pyridine rings is 1. The van der Waals surface area contributed by atoms with Crippen LogP contribution in [-0.4, -0.2) is 10.9 Å². The Morgan fingerprint density at radius 2 is 1.54 bits per heavy atom. The van der Waals surface area contributed by atoms with Crippen molar-refractivity contribution in [1.29, 1.82) is 0 Å². The lowest BCUT2D eigenvalue weighted by Crippen LogP contribution is -2.13. The van der Waals surface area contributed by atoms with E-state index in [9.17, 15) is 9.18 Å². The maximum Gasteiger partial charge on any atom is 0.256 e. The first-order valence-electron chi connectivity index (χ1n) is 8.89. The second kappa shape index (κ2) is 7.48. The van der Waals surface area contributed by atoms with Gasteiger partial charge in [0.05, 0.1) is 11.1 Å². The minimum Gasteiger partial charge on any atom is -0.356 e. The summed E-state index contributed by atoms with van der Waals surface area (Å²) in [5.74, 6) is -0.701. The average molecular weight is 371 g/mol. The number of halogens is 1. The van der Waals surface area contributed by atoms with Crippen molar-refractivity contribution in [3.8, 4) is 0 Å². The smallest absolute Gasteiger partial charge is 0.256 e. The van der Waals surface area contributed by atoms with Crippen LogP contribution in [0.15, 0.2) is 78.9 Å². The second-order valence-electron chi connectivity index (χ2n) is 6.50. The van der Waals surface area contributed by atoms with Crippen molar-refractivity contribution in [3.63, 3.8) is 0 Å². The Balaban J connectivity index is 1.55. The molecule has 1 aromatic heterocycles. The van der Waals surface area contributed by atoms with Gasteiger partial charge in [-0.3, -0.25) is 9.78 Å². The third kappa shape index (κ3) is 3.83. The molecule has 28 heavy (non-hydrogen) atoms. The summed E-state index contributed by atoms with van der Waals surface area (Å²) in [7, 11) is 0. The summed E-state index contributed by atoms with van der Waals surface area (Å²) in [6.45, 7) is 1.81. The van der Waals surface area contributed by atoms with Gasteiger partial charge in [-0.15, -0.1) is 0 Å². The average Bonchev–Trinajstić information content (AvgIpc) is 2.70. The fraction of sp³-hybridized carbons (Fsp3) is 0.0435. The number of hydrogen-bond donors (Lipinski definition) is 2. The molecule has 0 saturated carbocycles. The SMILES string of the molecule is Cc1cc(C(=O)Nc2ccc(Nc3ccccc3)cc2)c2cc(F)ccc2n1. The van der Waals surface area contributed by atoms with Crippen LogP contribution >= 0.6 is 0 Å². The normalized spacial score (nSPS) is 10.6. The number of anilines is 3. The molecular formula is C23H18FN3O. The number of rotatable bonds is 4. The van der Waals surface area contributed by atoms with Crippen LogP contribution in [0.2, 0.25) is 0 Å². The second-order valence-corrected chi connectivity index (χ2v) is 6.50. The molecule has 138 valence electrons. The largest absolute Gasteiger partial charge is 0.356 e. The zero-order chi connectivity index (χ0) is 19.5. The fourth-order valence-corrected chi connectivity index (χ4v) is 3.04.